The second-order valence-corrected chi connectivity index (χ2v) is 3.72. The van der Waals surface area contributed by atoms with Crippen LogP contribution in [0.5, 0.6) is 0 Å². The number of rotatable bonds is 6. The van der Waals surface area contributed by atoms with Crippen LogP contribution in [0, 0.1) is 0 Å². The number of nitrogens with one attached hydrogen (secondary N) is 1. The van der Waals surface area contributed by atoms with Gasteiger partial charge in [0.15, 0.2) is 0 Å². The topological polar surface area (TPSA) is 34.1 Å². The van der Waals surface area contributed by atoms with Gasteiger partial charge >= 0.3 is 0 Å². The number of methoxy groups -OCH3 is 1. The summed E-state index contributed by atoms with van der Waals surface area (Å²) in [6.07, 6.45) is 2.85. The number of nitrogens with zero attached hydrogens (tertiary/aromatic N) is 1. The normalized spacial score (nSPS) is 14.9. The molecule has 0 saturated carbocycles. The summed E-state index contributed by atoms with van der Waals surface area (Å²) in [5.41, 5.74) is 1.13. The third kappa shape index (κ3) is 3.61. The molecule has 84 valence electrons. The van der Waals surface area contributed by atoms with Crippen LogP contribution in [-0.4, -0.2) is 31.8 Å². The predicted molar refractivity (Wildman–Crippen MR) is 62.0 cm³/mol. The Labute approximate surface area is 91.9 Å². The first-order chi connectivity index (χ1) is 7.29. The summed E-state index contributed by atoms with van der Waals surface area (Å²) >= 11 is 0. The molecule has 0 aromatic carbocycles. The van der Waals surface area contributed by atoms with Gasteiger partial charge in [0.2, 0.25) is 0 Å². The van der Waals surface area contributed by atoms with Crippen molar-refractivity contribution >= 4 is 0 Å². The van der Waals surface area contributed by atoms with Gasteiger partial charge < -0.3 is 10.1 Å². The molecule has 0 spiro atoms. The van der Waals surface area contributed by atoms with Crippen LogP contribution >= 0.6 is 0 Å². The maximum Gasteiger partial charge on any atom is 0.0477 e. The molecule has 2 unspecified atom stereocenters. The van der Waals surface area contributed by atoms with Gasteiger partial charge in [-0.15, -0.1) is 0 Å². The molecule has 0 radical (unpaired) electrons. The molecule has 1 N–H and O–H groups in total. The molecule has 0 fully saturated rings. The summed E-state index contributed by atoms with van der Waals surface area (Å²) in [5, 5.41) is 3.32. The molecule has 1 aromatic rings. The summed E-state index contributed by atoms with van der Waals surface area (Å²) in [6, 6.07) is 6.46. The average Bonchev–Trinajstić information content (AvgIpc) is 2.31. The highest BCUT2D eigenvalue weighted by molar-refractivity contribution is 5.10. The lowest BCUT2D eigenvalue weighted by Crippen LogP contribution is -2.32. The van der Waals surface area contributed by atoms with Gasteiger partial charge in [-0.1, -0.05) is 13.0 Å². The van der Waals surface area contributed by atoms with E-state index in [1.165, 1.54) is 0 Å². The first kappa shape index (κ1) is 12.1. The highest BCUT2D eigenvalue weighted by atomic mass is 16.5. The molecule has 0 saturated heterocycles. The summed E-state index contributed by atoms with van der Waals surface area (Å²) < 4.78 is 5.10. The zero-order chi connectivity index (χ0) is 11.1. The maximum absolute atomic E-state index is 5.10. The Balaban J connectivity index is 2.60. The Morgan fingerprint density at radius 2 is 2.27 bits per heavy atom. The van der Waals surface area contributed by atoms with Crippen LogP contribution in [0.3, 0.4) is 0 Å². The largest absolute Gasteiger partial charge is 0.385 e. The van der Waals surface area contributed by atoms with E-state index in [4.69, 9.17) is 4.74 Å². The molecular formula is C12H20N2O. The second-order valence-electron chi connectivity index (χ2n) is 3.72. The molecular weight excluding hydrogens is 188 g/mol. The fraction of sp³-hybridized carbons (Fsp3) is 0.583. The molecule has 3 heteroatoms. The first-order valence-electron chi connectivity index (χ1n) is 5.36. The first-order valence-corrected chi connectivity index (χ1v) is 5.36. The highest BCUT2D eigenvalue weighted by Gasteiger charge is 2.17. The standard InChI is InChI=1S/C12H20N2O/c1-10(11(13-2)7-9-15-3)12-6-4-5-8-14-12/h4-6,8,10-11,13H,7,9H2,1-3H3. The van der Waals surface area contributed by atoms with E-state index in [0.29, 0.717) is 12.0 Å². The third-order valence-corrected chi connectivity index (χ3v) is 2.76. The van der Waals surface area contributed by atoms with Gasteiger partial charge in [-0.3, -0.25) is 4.98 Å². The number of pyridine rings is 1. The van der Waals surface area contributed by atoms with Crippen molar-refractivity contribution in [1.82, 2.24) is 10.3 Å². The van der Waals surface area contributed by atoms with Crippen molar-refractivity contribution in [3.05, 3.63) is 30.1 Å². The van der Waals surface area contributed by atoms with Crippen molar-refractivity contribution < 1.29 is 4.74 Å². The Bertz CT molecular complexity index is 264. The predicted octanol–water partition coefficient (Wildman–Crippen LogP) is 1.81. The number of ether oxygens (including phenoxy) is 1. The molecule has 3 nitrogen and oxygen atoms in total. The van der Waals surface area contributed by atoms with Gasteiger partial charge in [-0.05, 0) is 25.6 Å². The van der Waals surface area contributed by atoms with Crippen molar-refractivity contribution in [3.8, 4) is 0 Å². The SMILES string of the molecule is CNC(CCOC)C(C)c1ccccn1. The number of hydrogen-bond acceptors (Lipinski definition) is 3. The van der Waals surface area contributed by atoms with Crippen molar-refractivity contribution in [2.75, 3.05) is 20.8 Å². The van der Waals surface area contributed by atoms with Gasteiger partial charge in [-0.2, -0.15) is 0 Å². The van der Waals surface area contributed by atoms with Gasteiger partial charge in [0, 0.05) is 37.6 Å². The summed E-state index contributed by atoms with van der Waals surface area (Å²) in [6.45, 7) is 2.97. The Hall–Kier alpha value is -0.930. The number of hydrogen-bond donors (Lipinski definition) is 1. The fourth-order valence-electron chi connectivity index (χ4n) is 1.74. The van der Waals surface area contributed by atoms with E-state index in [-0.39, 0.29) is 0 Å². The minimum absolute atomic E-state index is 0.409. The van der Waals surface area contributed by atoms with Gasteiger partial charge in [0.25, 0.3) is 0 Å². The quantitative estimate of drug-likeness (QED) is 0.774. The molecule has 0 amide bonds. The molecule has 0 aliphatic carbocycles. The van der Waals surface area contributed by atoms with Crippen LogP contribution in [0.15, 0.2) is 24.4 Å². The lowest BCUT2D eigenvalue weighted by molar-refractivity contribution is 0.180. The summed E-state index contributed by atoms with van der Waals surface area (Å²) in [5.74, 6) is 0.409. The van der Waals surface area contributed by atoms with Crippen LogP contribution in [0.4, 0.5) is 0 Å². The maximum atomic E-state index is 5.10. The zero-order valence-corrected chi connectivity index (χ0v) is 9.73. The van der Waals surface area contributed by atoms with Crippen molar-refractivity contribution in [2.45, 2.75) is 25.3 Å². The molecule has 1 heterocycles. The Morgan fingerprint density at radius 1 is 1.47 bits per heavy atom. The third-order valence-electron chi connectivity index (χ3n) is 2.76. The van der Waals surface area contributed by atoms with E-state index >= 15 is 0 Å². The average molecular weight is 208 g/mol. The van der Waals surface area contributed by atoms with Crippen molar-refractivity contribution in [2.24, 2.45) is 0 Å². The van der Waals surface area contributed by atoms with Gasteiger partial charge in [0.05, 0.1) is 0 Å². The molecule has 0 aliphatic heterocycles. The fourth-order valence-corrected chi connectivity index (χ4v) is 1.74. The minimum Gasteiger partial charge on any atom is -0.385 e. The van der Waals surface area contributed by atoms with Crippen molar-refractivity contribution in [3.63, 3.8) is 0 Å². The molecule has 0 aliphatic rings. The highest BCUT2D eigenvalue weighted by Crippen LogP contribution is 2.18. The van der Waals surface area contributed by atoms with E-state index in [1.54, 1.807) is 7.11 Å². The Kier molecular flexibility index (Phi) is 5.29. The van der Waals surface area contributed by atoms with Crippen molar-refractivity contribution in [1.29, 1.82) is 0 Å². The van der Waals surface area contributed by atoms with Crippen LogP contribution < -0.4 is 5.32 Å². The van der Waals surface area contributed by atoms with Crippen LogP contribution in [0.2, 0.25) is 0 Å². The second kappa shape index (κ2) is 6.53. The molecule has 1 rings (SSSR count). The minimum atomic E-state index is 0.409. The lowest BCUT2D eigenvalue weighted by Gasteiger charge is -2.22. The smallest absolute Gasteiger partial charge is 0.0477 e. The number of likely N-dealkylation sites (N-methyl/N-ethyl adjacent to an activating group) is 1. The van der Waals surface area contributed by atoms with Gasteiger partial charge in [-0.25, -0.2) is 0 Å². The monoisotopic (exact) mass is 208 g/mol. The zero-order valence-electron chi connectivity index (χ0n) is 9.73. The van der Waals surface area contributed by atoms with Gasteiger partial charge in [0.1, 0.15) is 0 Å². The van der Waals surface area contributed by atoms with E-state index in [9.17, 15) is 0 Å². The lowest BCUT2D eigenvalue weighted by atomic mass is 9.95. The van der Waals surface area contributed by atoms with Crippen LogP contribution in [0.25, 0.3) is 0 Å². The Morgan fingerprint density at radius 3 is 2.80 bits per heavy atom. The molecule has 1 aromatic heterocycles. The number of aromatic nitrogens is 1. The van der Waals surface area contributed by atoms with Crippen LogP contribution in [0.1, 0.15) is 25.0 Å². The summed E-state index contributed by atoms with van der Waals surface area (Å²) in [4.78, 5) is 4.37. The molecule has 2 atom stereocenters. The van der Waals surface area contributed by atoms with E-state index in [0.717, 1.165) is 18.7 Å². The van der Waals surface area contributed by atoms with E-state index in [2.05, 4.69) is 23.3 Å². The molecule has 0 bridgehead atoms. The van der Waals surface area contributed by atoms with E-state index in [1.807, 2.05) is 25.4 Å². The molecule has 15 heavy (non-hydrogen) atoms. The van der Waals surface area contributed by atoms with Crippen LogP contribution in [-0.2, 0) is 4.74 Å². The summed E-state index contributed by atoms with van der Waals surface area (Å²) in [7, 11) is 3.72. The van der Waals surface area contributed by atoms with E-state index < -0.39 is 0 Å².